The van der Waals surface area contributed by atoms with Gasteiger partial charge in [0.1, 0.15) is 0 Å². The number of rotatable bonds is 4. The molecule has 0 radical (unpaired) electrons. The standard InChI is InChI=1S/C16H14F2O/c1-11(16(19)12-6-3-2-4-7-12)10-13-8-5-9-14(17)15(13)18/h2-9,11H,10H2,1H3. The van der Waals surface area contributed by atoms with Crippen LogP contribution >= 0.6 is 0 Å². The second kappa shape index (κ2) is 5.74. The van der Waals surface area contributed by atoms with Crippen molar-refractivity contribution in [3.63, 3.8) is 0 Å². The lowest BCUT2D eigenvalue weighted by atomic mass is 9.93. The van der Waals surface area contributed by atoms with Crippen LogP contribution in [0.3, 0.4) is 0 Å². The first kappa shape index (κ1) is 13.4. The summed E-state index contributed by atoms with van der Waals surface area (Å²) in [5.74, 6) is -2.20. The van der Waals surface area contributed by atoms with Gasteiger partial charge in [-0.1, -0.05) is 49.4 Å². The van der Waals surface area contributed by atoms with Gasteiger partial charge in [-0.05, 0) is 18.1 Å². The minimum Gasteiger partial charge on any atom is -0.294 e. The fourth-order valence-corrected chi connectivity index (χ4v) is 2.02. The second-order valence-electron chi connectivity index (χ2n) is 4.55. The van der Waals surface area contributed by atoms with E-state index in [4.69, 9.17) is 0 Å². The summed E-state index contributed by atoms with van der Waals surface area (Å²) < 4.78 is 26.6. The normalized spacial score (nSPS) is 12.2. The van der Waals surface area contributed by atoms with Crippen molar-refractivity contribution in [2.24, 2.45) is 5.92 Å². The first-order valence-electron chi connectivity index (χ1n) is 6.11. The Morgan fingerprint density at radius 2 is 1.74 bits per heavy atom. The van der Waals surface area contributed by atoms with Crippen molar-refractivity contribution in [3.05, 3.63) is 71.3 Å². The van der Waals surface area contributed by atoms with Crippen molar-refractivity contribution in [2.75, 3.05) is 0 Å². The van der Waals surface area contributed by atoms with E-state index in [-0.39, 0.29) is 17.8 Å². The zero-order valence-electron chi connectivity index (χ0n) is 10.6. The van der Waals surface area contributed by atoms with Crippen molar-refractivity contribution < 1.29 is 13.6 Å². The fourth-order valence-electron chi connectivity index (χ4n) is 2.02. The van der Waals surface area contributed by atoms with Gasteiger partial charge in [-0.3, -0.25) is 4.79 Å². The molecule has 0 aliphatic heterocycles. The quantitative estimate of drug-likeness (QED) is 0.759. The fraction of sp³-hybridized carbons (Fsp3) is 0.188. The van der Waals surface area contributed by atoms with E-state index in [1.807, 2.05) is 6.07 Å². The number of carbonyl (C=O) groups is 1. The van der Waals surface area contributed by atoms with Gasteiger partial charge in [-0.25, -0.2) is 8.78 Å². The van der Waals surface area contributed by atoms with E-state index in [0.29, 0.717) is 5.56 Å². The molecule has 0 saturated heterocycles. The summed E-state index contributed by atoms with van der Waals surface area (Å²) in [6, 6.07) is 12.9. The van der Waals surface area contributed by atoms with Crippen LogP contribution in [0.15, 0.2) is 48.5 Å². The molecule has 2 aromatic rings. The van der Waals surface area contributed by atoms with E-state index in [9.17, 15) is 13.6 Å². The Labute approximate surface area is 110 Å². The number of Topliss-reactive ketones (excluding diaryl/α,β-unsaturated/α-hetero) is 1. The highest BCUT2D eigenvalue weighted by Gasteiger charge is 2.18. The lowest BCUT2D eigenvalue weighted by Crippen LogP contribution is -2.15. The molecule has 19 heavy (non-hydrogen) atoms. The number of ketones is 1. The molecule has 1 unspecified atom stereocenters. The Kier molecular flexibility index (Phi) is 4.05. The van der Waals surface area contributed by atoms with Crippen molar-refractivity contribution >= 4 is 5.78 Å². The minimum absolute atomic E-state index is 0.0655. The molecule has 0 saturated carbocycles. The van der Waals surface area contributed by atoms with Gasteiger partial charge in [-0.15, -0.1) is 0 Å². The summed E-state index contributed by atoms with van der Waals surface area (Å²) in [6.45, 7) is 1.72. The van der Waals surface area contributed by atoms with Gasteiger partial charge in [-0.2, -0.15) is 0 Å². The molecule has 0 heterocycles. The SMILES string of the molecule is CC(Cc1cccc(F)c1F)C(=O)c1ccccc1. The van der Waals surface area contributed by atoms with Gasteiger partial charge in [0.25, 0.3) is 0 Å². The number of carbonyl (C=O) groups excluding carboxylic acids is 1. The first-order valence-corrected chi connectivity index (χ1v) is 6.11. The highest BCUT2D eigenvalue weighted by atomic mass is 19.2. The van der Waals surface area contributed by atoms with Crippen LogP contribution in [0.1, 0.15) is 22.8 Å². The maximum absolute atomic E-state index is 13.5. The molecule has 0 N–H and O–H groups in total. The van der Waals surface area contributed by atoms with Crippen molar-refractivity contribution in [3.8, 4) is 0 Å². The van der Waals surface area contributed by atoms with Gasteiger partial charge in [0.05, 0.1) is 0 Å². The molecule has 0 aliphatic carbocycles. The molecule has 1 atom stereocenters. The predicted octanol–water partition coefficient (Wildman–Crippen LogP) is 4.03. The molecular weight excluding hydrogens is 246 g/mol. The Morgan fingerprint density at radius 1 is 1.05 bits per heavy atom. The second-order valence-corrected chi connectivity index (χ2v) is 4.55. The topological polar surface area (TPSA) is 17.1 Å². The smallest absolute Gasteiger partial charge is 0.165 e. The van der Waals surface area contributed by atoms with Gasteiger partial charge in [0, 0.05) is 11.5 Å². The van der Waals surface area contributed by atoms with Gasteiger partial charge < -0.3 is 0 Å². The van der Waals surface area contributed by atoms with Gasteiger partial charge in [0.15, 0.2) is 17.4 Å². The highest BCUT2D eigenvalue weighted by Crippen LogP contribution is 2.18. The molecule has 0 aliphatic rings. The maximum Gasteiger partial charge on any atom is 0.165 e. The summed E-state index contributed by atoms with van der Waals surface area (Å²) in [4.78, 5) is 12.1. The third-order valence-corrected chi connectivity index (χ3v) is 3.06. The molecule has 0 amide bonds. The average Bonchev–Trinajstić information content (AvgIpc) is 2.44. The zero-order chi connectivity index (χ0) is 13.8. The molecule has 2 rings (SSSR count). The van der Waals surface area contributed by atoms with E-state index in [1.54, 1.807) is 31.2 Å². The maximum atomic E-state index is 13.5. The highest BCUT2D eigenvalue weighted by molar-refractivity contribution is 5.97. The molecule has 1 nitrogen and oxygen atoms in total. The number of halogens is 2. The summed E-state index contributed by atoms with van der Waals surface area (Å²) in [7, 11) is 0. The summed E-state index contributed by atoms with van der Waals surface area (Å²) in [5, 5.41) is 0. The predicted molar refractivity (Wildman–Crippen MR) is 70.0 cm³/mol. The third kappa shape index (κ3) is 3.05. The summed E-state index contributed by atoms with van der Waals surface area (Å²) in [6.07, 6.45) is 0.192. The molecule has 0 spiro atoms. The number of benzene rings is 2. The lowest BCUT2D eigenvalue weighted by Gasteiger charge is -2.11. The molecule has 3 heteroatoms. The van der Waals surface area contributed by atoms with Crippen molar-refractivity contribution in [1.82, 2.24) is 0 Å². The van der Waals surface area contributed by atoms with Crippen LogP contribution in [-0.2, 0) is 6.42 Å². The Morgan fingerprint density at radius 3 is 2.42 bits per heavy atom. The zero-order valence-corrected chi connectivity index (χ0v) is 10.6. The number of hydrogen-bond donors (Lipinski definition) is 0. The van der Waals surface area contributed by atoms with E-state index >= 15 is 0 Å². The van der Waals surface area contributed by atoms with Crippen LogP contribution in [0.5, 0.6) is 0 Å². The molecule has 0 fully saturated rings. The summed E-state index contributed by atoms with van der Waals surface area (Å²) >= 11 is 0. The van der Waals surface area contributed by atoms with E-state index < -0.39 is 17.6 Å². The first-order chi connectivity index (χ1) is 9.09. The van der Waals surface area contributed by atoms with Gasteiger partial charge in [0.2, 0.25) is 0 Å². The molecular formula is C16H14F2O. The van der Waals surface area contributed by atoms with Crippen LogP contribution in [0.2, 0.25) is 0 Å². The van der Waals surface area contributed by atoms with Crippen LogP contribution < -0.4 is 0 Å². The largest absolute Gasteiger partial charge is 0.294 e. The third-order valence-electron chi connectivity index (χ3n) is 3.06. The van der Waals surface area contributed by atoms with Crippen LogP contribution in [0, 0.1) is 17.6 Å². The Hall–Kier alpha value is -2.03. The van der Waals surface area contributed by atoms with E-state index in [0.717, 1.165) is 6.07 Å². The van der Waals surface area contributed by atoms with E-state index in [2.05, 4.69) is 0 Å². The molecule has 98 valence electrons. The van der Waals surface area contributed by atoms with Crippen molar-refractivity contribution in [1.29, 1.82) is 0 Å². The Balaban J connectivity index is 2.15. The van der Waals surface area contributed by atoms with Crippen LogP contribution in [0.4, 0.5) is 8.78 Å². The molecule has 0 bridgehead atoms. The number of hydrogen-bond acceptors (Lipinski definition) is 1. The van der Waals surface area contributed by atoms with Gasteiger partial charge >= 0.3 is 0 Å². The summed E-state index contributed by atoms with van der Waals surface area (Å²) in [5.41, 5.74) is 0.823. The van der Waals surface area contributed by atoms with Crippen LogP contribution in [-0.4, -0.2) is 5.78 Å². The van der Waals surface area contributed by atoms with Crippen LogP contribution in [0.25, 0.3) is 0 Å². The monoisotopic (exact) mass is 260 g/mol. The molecule has 0 aromatic heterocycles. The van der Waals surface area contributed by atoms with Crippen molar-refractivity contribution in [2.45, 2.75) is 13.3 Å². The Bertz CT molecular complexity index is 579. The van der Waals surface area contributed by atoms with E-state index in [1.165, 1.54) is 12.1 Å². The molecule has 2 aromatic carbocycles. The lowest BCUT2D eigenvalue weighted by molar-refractivity contribution is 0.0929. The minimum atomic E-state index is -0.878. The average molecular weight is 260 g/mol.